The van der Waals surface area contributed by atoms with Crippen molar-refractivity contribution in [2.45, 2.75) is 57.1 Å². The van der Waals surface area contributed by atoms with Crippen LogP contribution in [0.1, 0.15) is 57.3 Å². The SMILES string of the molecule is CCNC(c1ccco1)C1(OC)CCCCCC1. The highest BCUT2D eigenvalue weighted by Gasteiger charge is 2.41. The first kappa shape index (κ1) is 13.6. The monoisotopic (exact) mass is 251 g/mol. The highest BCUT2D eigenvalue weighted by molar-refractivity contribution is 5.11. The summed E-state index contributed by atoms with van der Waals surface area (Å²) in [5, 5.41) is 3.56. The summed E-state index contributed by atoms with van der Waals surface area (Å²) in [6.45, 7) is 3.06. The molecular weight excluding hydrogens is 226 g/mol. The lowest BCUT2D eigenvalue weighted by molar-refractivity contribution is -0.0585. The van der Waals surface area contributed by atoms with Crippen LogP contribution < -0.4 is 5.32 Å². The highest BCUT2D eigenvalue weighted by Crippen LogP contribution is 2.40. The second kappa shape index (κ2) is 6.39. The third-order valence-corrected chi connectivity index (χ3v) is 4.12. The van der Waals surface area contributed by atoms with Crippen molar-refractivity contribution >= 4 is 0 Å². The van der Waals surface area contributed by atoms with Crippen LogP contribution in [0.2, 0.25) is 0 Å². The van der Waals surface area contributed by atoms with E-state index in [9.17, 15) is 0 Å². The zero-order valence-corrected chi connectivity index (χ0v) is 11.6. The molecule has 1 unspecified atom stereocenters. The van der Waals surface area contributed by atoms with E-state index in [2.05, 4.69) is 18.3 Å². The molecule has 1 N–H and O–H groups in total. The summed E-state index contributed by atoms with van der Waals surface area (Å²) in [7, 11) is 1.85. The zero-order chi connectivity index (χ0) is 12.8. The van der Waals surface area contributed by atoms with Crippen LogP contribution in [-0.4, -0.2) is 19.3 Å². The molecule has 18 heavy (non-hydrogen) atoms. The minimum absolute atomic E-state index is 0.107. The van der Waals surface area contributed by atoms with E-state index in [0.29, 0.717) is 0 Å². The molecule has 1 aliphatic carbocycles. The molecule has 1 saturated carbocycles. The number of hydrogen-bond donors (Lipinski definition) is 1. The van der Waals surface area contributed by atoms with Crippen LogP contribution in [0.3, 0.4) is 0 Å². The van der Waals surface area contributed by atoms with E-state index in [1.54, 1.807) is 6.26 Å². The fourth-order valence-electron chi connectivity index (χ4n) is 3.14. The molecule has 0 amide bonds. The average Bonchev–Trinajstić information content (AvgIpc) is 2.81. The van der Waals surface area contributed by atoms with Gasteiger partial charge in [0, 0.05) is 7.11 Å². The van der Waals surface area contributed by atoms with Gasteiger partial charge in [0.05, 0.1) is 17.9 Å². The fraction of sp³-hybridized carbons (Fsp3) is 0.733. The summed E-state index contributed by atoms with van der Waals surface area (Å²) in [5.74, 6) is 1.00. The number of methoxy groups -OCH3 is 1. The maximum absolute atomic E-state index is 5.97. The Kier molecular flexibility index (Phi) is 4.84. The van der Waals surface area contributed by atoms with Gasteiger partial charge in [-0.1, -0.05) is 32.6 Å². The number of likely N-dealkylation sites (N-methyl/N-ethyl adjacent to an activating group) is 1. The van der Waals surface area contributed by atoms with E-state index < -0.39 is 0 Å². The largest absolute Gasteiger partial charge is 0.468 e. The van der Waals surface area contributed by atoms with E-state index in [1.807, 2.05) is 13.2 Å². The van der Waals surface area contributed by atoms with Gasteiger partial charge in [-0.3, -0.25) is 0 Å². The van der Waals surface area contributed by atoms with Gasteiger partial charge in [0.15, 0.2) is 0 Å². The summed E-state index contributed by atoms with van der Waals surface area (Å²) < 4.78 is 11.6. The molecule has 1 atom stereocenters. The highest BCUT2D eigenvalue weighted by atomic mass is 16.5. The van der Waals surface area contributed by atoms with Crippen LogP contribution >= 0.6 is 0 Å². The quantitative estimate of drug-likeness (QED) is 0.811. The van der Waals surface area contributed by atoms with Crippen LogP contribution in [0, 0.1) is 0 Å². The van der Waals surface area contributed by atoms with Crippen molar-refractivity contribution in [3.63, 3.8) is 0 Å². The van der Waals surface area contributed by atoms with Crippen LogP contribution in [-0.2, 0) is 4.74 Å². The molecule has 1 heterocycles. The molecule has 3 heteroatoms. The average molecular weight is 251 g/mol. The lowest BCUT2D eigenvalue weighted by atomic mass is 9.84. The molecule has 0 aromatic carbocycles. The number of nitrogens with one attached hydrogen (secondary N) is 1. The Morgan fingerprint density at radius 1 is 1.33 bits per heavy atom. The topological polar surface area (TPSA) is 34.4 Å². The molecule has 0 radical (unpaired) electrons. The summed E-state index contributed by atoms with van der Waals surface area (Å²) in [6.07, 6.45) is 9.11. The van der Waals surface area contributed by atoms with Crippen LogP contribution in [0.25, 0.3) is 0 Å². The van der Waals surface area contributed by atoms with Crippen molar-refractivity contribution in [2.75, 3.05) is 13.7 Å². The molecule has 0 bridgehead atoms. The van der Waals surface area contributed by atoms with Crippen molar-refractivity contribution in [2.24, 2.45) is 0 Å². The number of furan rings is 1. The van der Waals surface area contributed by atoms with Crippen molar-refractivity contribution < 1.29 is 9.15 Å². The first-order chi connectivity index (χ1) is 8.82. The molecule has 1 aliphatic rings. The van der Waals surface area contributed by atoms with E-state index in [4.69, 9.17) is 9.15 Å². The number of rotatable bonds is 5. The van der Waals surface area contributed by atoms with Gasteiger partial charge in [-0.05, 0) is 31.5 Å². The van der Waals surface area contributed by atoms with Gasteiger partial charge in [0.25, 0.3) is 0 Å². The molecule has 102 valence electrons. The lowest BCUT2D eigenvalue weighted by Gasteiger charge is -2.38. The standard InChI is InChI=1S/C15H25NO2/c1-3-16-14(13-9-8-12-18-13)15(17-2)10-6-4-5-7-11-15/h8-9,12,14,16H,3-7,10-11H2,1-2H3. The first-order valence-electron chi connectivity index (χ1n) is 7.14. The summed E-state index contributed by atoms with van der Waals surface area (Å²) >= 11 is 0. The smallest absolute Gasteiger partial charge is 0.123 e. The van der Waals surface area contributed by atoms with E-state index >= 15 is 0 Å². The Morgan fingerprint density at radius 3 is 2.56 bits per heavy atom. The lowest BCUT2D eigenvalue weighted by Crippen LogP contribution is -2.45. The number of hydrogen-bond acceptors (Lipinski definition) is 3. The predicted molar refractivity (Wildman–Crippen MR) is 72.6 cm³/mol. The molecule has 1 fully saturated rings. The minimum Gasteiger partial charge on any atom is -0.468 e. The van der Waals surface area contributed by atoms with Gasteiger partial charge >= 0.3 is 0 Å². The van der Waals surface area contributed by atoms with Crippen molar-refractivity contribution in [1.29, 1.82) is 0 Å². The van der Waals surface area contributed by atoms with Crippen LogP contribution in [0.4, 0.5) is 0 Å². The molecule has 0 saturated heterocycles. The summed E-state index contributed by atoms with van der Waals surface area (Å²) in [4.78, 5) is 0. The van der Waals surface area contributed by atoms with Crippen molar-refractivity contribution in [3.05, 3.63) is 24.2 Å². The summed E-state index contributed by atoms with van der Waals surface area (Å²) in [6, 6.07) is 4.18. The fourth-order valence-corrected chi connectivity index (χ4v) is 3.14. The second-order valence-electron chi connectivity index (χ2n) is 5.19. The Balaban J connectivity index is 2.25. The Labute approximate surface area is 110 Å². The van der Waals surface area contributed by atoms with Gasteiger partial charge < -0.3 is 14.5 Å². The number of ether oxygens (including phenoxy) is 1. The van der Waals surface area contributed by atoms with Crippen molar-refractivity contribution in [1.82, 2.24) is 5.32 Å². The van der Waals surface area contributed by atoms with Gasteiger partial charge in [-0.15, -0.1) is 0 Å². The van der Waals surface area contributed by atoms with E-state index in [0.717, 1.165) is 25.1 Å². The Bertz CT molecular complexity index is 326. The summed E-state index contributed by atoms with van der Waals surface area (Å²) in [5.41, 5.74) is -0.107. The molecular formula is C15H25NO2. The Hall–Kier alpha value is -0.800. The van der Waals surface area contributed by atoms with E-state index in [1.165, 1.54) is 25.7 Å². The molecule has 1 aromatic rings. The van der Waals surface area contributed by atoms with E-state index in [-0.39, 0.29) is 11.6 Å². The molecule has 3 nitrogen and oxygen atoms in total. The second-order valence-corrected chi connectivity index (χ2v) is 5.19. The molecule has 0 spiro atoms. The van der Waals surface area contributed by atoms with Crippen molar-refractivity contribution in [3.8, 4) is 0 Å². The van der Waals surface area contributed by atoms with Crippen LogP contribution in [0.15, 0.2) is 22.8 Å². The third-order valence-electron chi connectivity index (χ3n) is 4.12. The molecule has 2 rings (SSSR count). The van der Waals surface area contributed by atoms with Gasteiger partial charge in [0.1, 0.15) is 5.76 Å². The van der Waals surface area contributed by atoms with Crippen LogP contribution in [0.5, 0.6) is 0 Å². The maximum atomic E-state index is 5.97. The Morgan fingerprint density at radius 2 is 2.06 bits per heavy atom. The first-order valence-corrected chi connectivity index (χ1v) is 7.14. The normalized spacial score (nSPS) is 21.4. The molecule has 1 aromatic heterocycles. The maximum Gasteiger partial charge on any atom is 0.123 e. The van der Waals surface area contributed by atoms with Gasteiger partial charge in [-0.25, -0.2) is 0 Å². The zero-order valence-electron chi connectivity index (χ0n) is 11.6. The minimum atomic E-state index is -0.107. The predicted octanol–water partition coefficient (Wildman–Crippen LogP) is 3.67. The third kappa shape index (κ3) is 2.78. The van der Waals surface area contributed by atoms with Gasteiger partial charge in [0.2, 0.25) is 0 Å². The molecule has 0 aliphatic heterocycles. The van der Waals surface area contributed by atoms with Gasteiger partial charge in [-0.2, -0.15) is 0 Å².